The summed E-state index contributed by atoms with van der Waals surface area (Å²) >= 11 is 3.27. The van der Waals surface area contributed by atoms with Crippen molar-refractivity contribution in [3.63, 3.8) is 0 Å². The molecule has 0 spiro atoms. The van der Waals surface area contributed by atoms with Crippen LogP contribution in [-0.4, -0.2) is 27.9 Å². The second kappa shape index (κ2) is 5.44. The highest BCUT2D eigenvalue weighted by atomic mass is 32.2. The smallest absolute Gasteiger partial charge is 0.202 e. The predicted molar refractivity (Wildman–Crippen MR) is 60.9 cm³/mol. The minimum atomic E-state index is 0.423. The van der Waals surface area contributed by atoms with Gasteiger partial charge in [0.15, 0.2) is 0 Å². The highest BCUT2D eigenvalue weighted by Crippen LogP contribution is 2.16. The Bertz CT molecular complexity index is 247. The Hall–Kier alpha value is -0.290. The van der Waals surface area contributed by atoms with E-state index in [1.807, 2.05) is 11.8 Å². The lowest BCUT2D eigenvalue weighted by atomic mass is 10.2. The molecule has 74 valence electrons. The van der Waals surface area contributed by atoms with E-state index in [9.17, 15) is 0 Å². The van der Waals surface area contributed by atoms with Gasteiger partial charge in [-0.05, 0) is 6.26 Å². The monoisotopic (exact) mass is 217 g/mol. The summed E-state index contributed by atoms with van der Waals surface area (Å²) in [6, 6.07) is 0. The van der Waals surface area contributed by atoms with Gasteiger partial charge in [-0.25, -0.2) is 4.98 Å². The van der Waals surface area contributed by atoms with Crippen molar-refractivity contribution in [3.05, 3.63) is 5.82 Å². The fraction of sp³-hybridized carbons (Fsp3) is 0.750. The molecular weight excluding hydrogens is 202 g/mol. The van der Waals surface area contributed by atoms with E-state index in [4.69, 9.17) is 0 Å². The Balaban J connectivity index is 2.40. The standard InChI is InChI=1S/C8H15N3S2/c1-6(2)7-10-8(13-11-7)9-4-5-12-3/h6H,4-5H2,1-3H3,(H,9,10,11). The van der Waals surface area contributed by atoms with Gasteiger partial charge in [0, 0.05) is 29.7 Å². The van der Waals surface area contributed by atoms with Gasteiger partial charge in [-0.2, -0.15) is 16.1 Å². The molecule has 1 aromatic heterocycles. The minimum absolute atomic E-state index is 0.423. The number of anilines is 1. The van der Waals surface area contributed by atoms with E-state index in [-0.39, 0.29) is 0 Å². The highest BCUT2D eigenvalue weighted by Gasteiger charge is 2.06. The molecule has 0 amide bonds. The van der Waals surface area contributed by atoms with Crippen LogP contribution in [0.1, 0.15) is 25.6 Å². The lowest BCUT2D eigenvalue weighted by Gasteiger charge is -1.98. The molecule has 3 nitrogen and oxygen atoms in total. The molecule has 0 aliphatic rings. The summed E-state index contributed by atoms with van der Waals surface area (Å²) in [4.78, 5) is 4.37. The average molecular weight is 217 g/mol. The fourth-order valence-electron chi connectivity index (χ4n) is 0.801. The molecule has 0 unspecified atom stereocenters. The van der Waals surface area contributed by atoms with Crippen molar-refractivity contribution < 1.29 is 0 Å². The summed E-state index contributed by atoms with van der Waals surface area (Å²) < 4.78 is 4.26. The van der Waals surface area contributed by atoms with E-state index in [0.717, 1.165) is 23.3 Å². The van der Waals surface area contributed by atoms with Gasteiger partial charge in [0.2, 0.25) is 5.13 Å². The first-order valence-electron chi connectivity index (χ1n) is 4.30. The summed E-state index contributed by atoms with van der Waals surface area (Å²) in [5, 5.41) is 4.19. The van der Waals surface area contributed by atoms with Crippen molar-refractivity contribution in [3.8, 4) is 0 Å². The Morgan fingerprint density at radius 2 is 2.31 bits per heavy atom. The van der Waals surface area contributed by atoms with Gasteiger partial charge in [-0.1, -0.05) is 13.8 Å². The largest absolute Gasteiger partial charge is 0.359 e. The molecule has 0 aromatic carbocycles. The van der Waals surface area contributed by atoms with Crippen molar-refractivity contribution >= 4 is 28.4 Å². The molecular formula is C8H15N3S2. The Labute approximate surface area is 87.5 Å². The third-order valence-corrected chi connectivity index (χ3v) is 2.84. The van der Waals surface area contributed by atoms with Crippen molar-refractivity contribution in [2.45, 2.75) is 19.8 Å². The van der Waals surface area contributed by atoms with Crippen molar-refractivity contribution in [2.24, 2.45) is 0 Å². The zero-order valence-electron chi connectivity index (χ0n) is 8.20. The minimum Gasteiger partial charge on any atom is -0.359 e. The topological polar surface area (TPSA) is 37.8 Å². The van der Waals surface area contributed by atoms with Gasteiger partial charge in [0.25, 0.3) is 0 Å². The number of rotatable bonds is 5. The van der Waals surface area contributed by atoms with Gasteiger partial charge in [-0.15, -0.1) is 0 Å². The van der Waals surface area contributed by atoms with Crippen LogP contribution in [0.3, 0.4) is 0 Å². The quantitative estimate of drug-likeness (QED) is 0.769. The van der Waals surface area contributed by atoms with E-state index in [2.05, 4.69) is 34.8 Å². The summed E-state index contributed by atoms with van der Waals surface area (Å²) in [5.74, 6) is 2.47. The lowest BCUT2D eigenvalue weighted by molar-refractivity contribution is 0.799. The van der Waals surface area contributed by atoms with Crippen LogP contribution in [-0.2, 0) is 0 Å². The summed E-state index contributed by atoms with van der Waals surface area (Å²) in [6.07, 6.45) is 2.10. The second-order valence-electron chi connectivity index (χ2n) is 3.03. The van der Waals surface area contributed by atoms with Crippen LogP contribution in [0.5, 0.6) is 0 Å². The Kier molecular flexibility index (Phi) is 4.52. The molecule has 1 aromatic rings. The first-order valence-corrected chi connectivity index (χ1v) is 6.47. The van der Waals surface area contributed by atoms with E-state index in [1.165, 1.54) is 11.5 Å². The average Bonchev–Trinajstić information content (AvgIpc) is 2.53. The SMILES string of the molecule is CSCCNc1nc(C(C)C)ns1. The van der Waals surface area contributed by atoms with Gasteiger partial charge in [-0.3, -0.25) is 0 Å². The molecule has 5 heteroatoms. The van der Waals surface area contributed by atoms with Crippen molar-refractivity contribution in [2.75, 3.05) is 23.9 Å². The zero-order valence-corrected chi connectivity index (χ0v) is 9.84. The fourth-order valence-corrected chi connectivity index (χ4v) is 1.84. The number of nitrogens with one attached hydrogen (secondary N) is 1. The van der Waals surface area contributed by atoms with E-state index >= 15 is 0 Å². The predicted octanol–water partition coefficient (Wildman–Crippen LogP) is 2.44. The summed E-state index contributed by atoms with van der Waals surface area (Å²) in [6.45, 7) is 5.18. The normalized spacial score (nSPS) is 10.8. The third kappa shape index (κ3) is 3.52. The van der Waals surface area contributed by atoms with Gasteiger partial charge in [0.1, 0.15) is 5.82 Å². The third-order valence-electron chi connectivity index (χ3n) is 1.54. The van der Waals surface area contributed by atoms with Crippen LogP contribution in [0.2, 0.25) is 0 Å². The van der Waals surface area contributed by atoms with Crippen LogP contribution in [0.25, 0.3) is 0 Å². The molecule has 1 rings (SSSR count). The lowest BCUT2D eigenvalue weighted by Crippen LogP contribution is -2.03. The molecule has 0 fully saturated rings. The molecule has 0 aliphatic carbocycles. The zero-order chi connectivity index (χ0) is 9.68. The van der Waals surface area contributed by atoms with Crippen LogP contribution in [0.4, 0.5) is 5.13 Å². The van der Waals surface area contributed by atoms with Crippen LogP contribution >= 0.6 is 23.3 Å². The first-order chi connectivity index (χ1) is 6.24. The van der Waals surface area contributed by atoms with Gasteiger partial charge >= 0.3 is 0 Å². The molecule has 0 bridgehead atoms. The van der Waals surface area contributed by atoms with Crippen LogP contribution in [0, 0.1) is 0 Å². The summed E-state index contributed by atoms with van der Waals surface area (Å²) in [7, 11) is 0. The van der Waals surface area contributed by atoms with Gasteiger partial charge in [0.05, 0.1) is 0 Å². The summed E-state index contributed by atoms with van der Waals surface area (Å²) in [5.41, 5.74) is 0. The number of aromatic nitrogens is 2. The van der Waals surface area contributed by atoms with E-state index in [0.29, 0.717) is 5.92 Å². The van der Waals surface area contributed by atoms with E-state index < -0.39 is 0 Å². The second-order valence-corrected chi connectivity index (χ2v) is 4.77. The number of hydrogen-bond acceptors (Lipinski definition) is 5. The molecule has 0 saturated carbocycles. The van der Waals surface area contributed by atoms with Crippen LogP contribution < -0.4 is 5.32 Å². The molecule has 1 N–H and O–H groups in total. The first kappa shape index (κ1) is 10.8. The molecule has 0 atom stereocenters. The molecule has 1 heterocycles. The molecule has 0 radical (unpaired) electrons. The van der Waals surface area contributed by atoms with E-state index in [1.54, 1.807) is 0 Å². The van der Waals surface area contributed by atoms with Crippen LogP contribution in [0.15, 0.2) is 0 Å². The molecule has 13 heavy (non-hydrogen) atoms. The maximum atomic E-state index is 4.37. The molecule has 0 aliphatic heterocycles. The Morgan fingerprint density at radius 3 is 2.85 bits per heavy atom. The maximum Gasteiger partial charge on any atom is 0.202 e. The number of nitrogens with zero attached hydrogens (tertiary/aromatic N) is 2. The van der Waals surface area contributed by atoms with Gasteiger partial charge < -0.3 is 5.32 Å². The van der Waals surface area contributed by atoms with Crippen molar-refractivity contribution in [1.82, 2.24) is 9.36 Å². The number of hydrogen-bond donors (Lipinski definition) is 1. The number of thioether (sulfide) groups is 1. The maximum absolute atomic E-state index is 4.37. The highest BCUT2D eigenvalue weighted by molar-refractivity contribution is 7.98. The molecule has 0 saturated heterocycles. The van der Waals surface area contributed by atoms with Crippen molar-refractivity contribution in [1.29, 1.82) is 0 Å². The Morgan fingerprint density at radius 1 is 1.54 bits per heavy atom.